The van der Waals surface area contributed by atoms with E-state index >= 15 is 0 Å². The van der Waals surface area contributed by atoms with Gasteiger partial charge in [-0.3, -0.25) is 15.5 Å². The van der Waals surface area contributed by atoms with E-state index in [-0.39, 0.29) is 23.1 Å². The molecule has 1 fully saturated rings. The molecule has 8 nitrogen and oxygen atoms in total. The van der Waals surface area contributed by atoms with E-state index in [0.29, 0.717) is 11.7 Å². The number of nitrogens with one attached hydrogen (secondary N) is 2. The molecule has 0 aromatic heterocycles. The maximum atomic E-state index is 10.7. The molecule has 1 aliphatic heterocycles. The van der Waals surface area contributed by atoms with E-state index in [1.54, 1.807) is 0 Å². The van der Waals surface area contributed by atoms with Crippen molar-refractivity contribution >= 4 is 29.2 Å². The fourth-order valence-electron chi connectivity index (χ4n) is 1.97. The van der Waals surface area contributed by atoms with Crippen molar-refractivity contribution in [2.45, 2.75) is 18.9 Å². The molecule has 1 atom stereocenters. The van der Waals surface area contributed by atoms with Crippen LogP contribution in [0.15, 0.2) is 23.3 Å². The lowest BCUT2D eigenvalue weighted by Gasteiger charge is -2.11. The molecule has 1 aromatic carbocycles. The standard InChI is InChI=1S/C13H16N4O4S/c18-12-4-3-10(17(19)20)6-9(12)7-15-16-13(22)14-8-11-2-1-5-21-11/h3-4,6-7,11,18H,1-2,5,8H2,(H2,14,16,22)/b15-7-/t11-/m1/s1. The first-order valence-corrected chi connectivity index (χ1v) is 7.13. The maximum Gasteiger partial charge on any atom is 0.270 e. The minimum absolute atomic E-state index is 0.102. The number of benzene rings is 1. The van der Waals surface area contributed by atoms with Crippen LogP contribution < -0.4 is 10.7 Å². The van der Waals surface area contributed by atoms with Crippen molar-refractivity contribution in [2.75, 3.05) is 13.2 Å². The predicted molar refractivity (Wildman–Crippen MR) is 85.1 cm³/mol. The van der Waals surface area contributed by atoms with Gasteiger partial charge in [0.2, 0.25) is 0 Å². The van der Waals surface area contributed by atoms with Gasteiger partial charge in [-0.15, -0.1) is 0 Å². The molecule has 1 heterocycles. The van der Waals surface area contributed by atoms with E-state index in [2.05, 4.69) is 15.8 Å². The lowest BCUT2D eigenvalue weighted by Crippen LogP contribution is -2.37. The minimum atomic E-state index is -0.544. The molecule has 3 N–H and O–H groups in total. The van der Waals surface area contributed by atoms with Crippen LogP contribution in [-0.4, -0.2) is 40.6 Å². The number of hydrogen-bond acceptors (Lipinski definition) is 6. The van der Waals surface area contributed by atoms with Crippen LogP contribution in [0.5, 0.6) is 5.75 Å². The maximum absolute atomic E-state index is 10.7. The number of hydrogen-bond donors (Lipinski definition) is 3. The number of ether oxygens (including phenoxy) is 1. The third-order valence-electron chi connectivity index (χ3n) is 3.11. The average molecular weight is 324 g/mol. The average Bonchev–Trinajstić information content (AvgIpc) is 3.00. The smallest absolute Gasteiger partial charge is 0.270 e. The number of nitrogens with zero attached hydrogens (tertiary/aromatic N) is 2. The Hall–Kier alpha value is -2.26. The highest BCUT2D eigenvalue weighted by molar-refractivity contribution is 7.80. The summed E-state index contributed by atoms with van der Waals surface area (Å²) in [5.74, 6) is -0.102. The van der Waals surface area contributed by atoms with Gasteiger partial charge in [-0.1, -0.05) is 0 Å². The third kappa shape index (κ3) is 4.64. The zero-order chi connectivity index (χ0) is 15.9. The normalized spacial score (nSPS) is 17.5. The molecule has 0 unspecified atom stereocenters. The summed E-state index contributed by atoms with van der Waals surface area (Å²) < 4.78 is 5.44. The first-order chi connectivity index (χ1) is 10.6. The SMILES string of the molecule is O=[N+]([O-])c1ccc(O)c(/C=N\NC(=S)NC[C@H]2CCCO2)c1. The molecule has 0 aliphatic carbocycles. The first-order valence-electron chi connectivity index (χ1n) is 6.72. The Morgan fingerprint density at radius 1 is 1.64 bits per heavy atom. The predicted octanol–water partition coefficient (Wildman–Crippen LogP) is 1.28. The van der Waals surface area contributed by atoms with Crippen LogP contribution in [0.2, 0.25) is 0 Å². The van der Waals surface area contributed by atoms with Gasteiger partial charge in [-0.25, -0.2) is 0 Å². The van der Waals surface area contributed by atoms with Crippen molar-refractivity contribution in [2.24, 2.45) is 5.10 Å². The highest BCUT2D eigenvalue weighted by Gasteiger charge is 2.15. The van der Waals surface area contributed by atoms with E-state index in [4.69, 9.17) is 17.0 Å². The first kappa shape index (κ1) is 16.1. The number of non-ortho nitro benzene ring substituents is 1. The lowest BCUT2D eigenvalue weighted by molar-refractivity contribution is -0.384. The van der Waals surface area contributed by atoms with Gasteiger partial charge in [0.15, 0.2) is 5.11 Å². The molecule has 0 spiro atoms. The number of phenolic OH excluding ortho intramolecular Hbond substituents is 1. The van der Waals surface area contributed by atoms with E-state index in [9.17, 15) is 15.2 Å². The van der Waals surface area contributed by atoms with E-state index in [1.807, 2.05) is 0 Å². The fourth-order valence-corrected chi connectivity index (χ4v) is 2.11. The van der Waals surface area contributed by atoms with Gasteiger partial charge >= 0.3 is 0 Å². The number of phenols is 1. The number of thiocarbonyl (C=S) groups is 1. The Labute approximate surface area is 132 Å². The second-order valence-electron chi connectivity index (χ2n) is 4.72. The molecule has 0 amide bonds. The van der Waals surface area contributed by atoms with Crippen molar-refractivity contribution in [3.05, 3.63) is 33.9 Å². The molecule has 0 radical (unpaired) electrons. The van der Waals surface area contributed by atoms with Gasteiger partial charge in [0, 0.05) is 30.8 Å². The molecule has 22 heavy (non-hydrogen) atoms. The third-order valence-corrected chi connectivity index (χ3v) is 3.34. The molecule has 118 valence electrons. The summed E-state index contributed by atoms with van der Waals surface area (Å²) in [5, 5.41) is 27.4. The van der Waals surface area contributed by atoms with Crippen molar-refractivity contribution in [1.82, 2.24) is 10.7 Å². The topological polar surface area (TPSA) is 109 Å². The zero-order valence-electron chi connectivity index (χ0n) is 11.7. The van der Waals surface area contributed by atoms with Crippen molar-refractivity contribution < 1.29 is 14.8 Å². The number of nitro groups is 1. The second kappa shape index (κ2) is 7.66. The largest absolute Gasteiger partial charge is 0.507 e. The van der Waals surface area contributed by atoms with Crippen LogP contribution in [0, 0.1) is 10.1 Å². The van der Waals surface area contributed by atoms with Crippen molar-refractivity contribution in [1.29, 1.82) is 0 Å². The van der Waals surface area contributed by atoms with E-state index in [1.165, 1.54) is 24.4 Å². The number of nitro benzene ring substituents is 1. The Balaban J connectivity index is 1.84. The summed E-state index contributed by atoms with van der Waals surface area (Å²) in [5.41, 5.74) is 2.68. The Kier molecular flexibility index (Phi) is 5.61. The van der Waals surface area contributed by atoms with E-state index in [0.717, 1.165) is 19.4 Å². The highest BCUT2D eigenvalue weighted by Crippen LogP contribution is 2.21. The van der Waals surface area contributed by atoms with Crippen LogP contribution >= 0.6 is 12.2 Å². The summed E-state index contributed by atoms with van der Waals surface area (Å²) in [4.78, 5) is 10.1. The van der Waals surface area contributed by atoms with Gasteiger partial charge in [0.1, 0.15) is 5.75 Å². The van der Waals surface area contributed by atoms with Crippen LogP contribution in [0.1, 0.15) is 18.4 Å². The van der Waals surface area contributed by atoms with Crippen LogP contribution in [0.25, 0.3) is 0 Å². The molecule has 2 rings (SSSR count). The molecule has 1 saturated heterocycles. The minimum Gasteiger partial charge on any atom is -0.507 e. The Morgan fingerprint density at radius 2 is 2.45 bits per heavy atom. The number of rotatable bonds is 5. The van der Waals surface area contributed by atoms with Crippen LogP contribution in [0.3, 0.4) is 0 Å². The summed E-state index contributed by atoms with van der Waals surface area (Å²) in [6, 6.07) is 3.69. The van der Waals surface area contributed by atoms with Crippen LogP contribution in [-0.2, 0) is 4.74 Å². The number of aromatic hydroxyl groups is 1. The monoisotopic (exact) mass is 324 g/mol. The second-order valence-corrected chi connectivity index (χ2v) is 5.12. The fraction of sp³-hybridized carbons (Fsp3) is 0.385. The molecule has 1 aliphatic rings. The van der Waals surface area contributed by atoms with Crippen molar-refractivity contribution in [3.63, 3.8) is 0 Å². The molecule has 0 bridgehead atoms. The van der Waals surface area contributed by atoms with Gasteiger partial charge < -0.3 is 15.2 Å². The zero-order valence-corrected chi connectivity index (χ0v) is 12.5. The van der Waals surface area contributed by atoms with Gasteiger partial charge in [-0.05, 0) is 31.1 Å². The van der Waals surface area contributed by atoms with Crippen molar-refractivity contribution in [3.8, 4) is 5.75 Å². The molecular weight excluding hydrogens is 308 g/mol. The molecule has 1 aromatic rings. The summed E-state index contributed by atoms with van der Waals surface area (Å²) in [6.07, 6.45) is 3.48. The summed E-state index contributed by atoms with van der Waals surface area (Å²) in [6.45, 7) is 1.38. The van der Waals surface area contributed by atoms with Crippen LogP contribution in [0.4, 0.5) is 5.69 Å². The summed E-state index contributed by atoms with van der Waals surface area (Å²) >= 11 is 5.04. The van der Waals surface area contributed by atoms with E-state index < -0.39 is 4.92 Å². The Bertz CT molecular complexity index is 587. The summed E-state index contributed by atoms with van der Waals surface area (Å²) in [7, 11) is 0. The highest BCUT2D eigenvalue weighted by atomic mass is 32.1. The molecule has 9 heteroatoms. The van der Waals surface area contributed by atoms with Gasteiger partial charge in [0.05, 0.1) is 17.2 Å². The molecule has 0 saturated carbocycles. The van der Waals surface area contributed by atoms with Gasteiger partial charge in [-0.2, -0.15) is 5.10 Å². The quantitative estimate of drug-likeness (QED) is 0.324. The Morgan fingerprint density at radius 3 is 3.14 bits per heavy atom. The molecular formula is C13H16N4O4S. The number of hydrazone groups is 1. The van der Waals surface area contributed by atoms with Gasteiger partial charge in [0.25, 0.3) is 5.69 Å². The lowest BCUT2D eigenvalue weighted by atomic mass is 10.2.